The SMILES string of the molecule is Cc1c(NC(=O)c2ccnc(F)c2)cccc1[N+](=O)[O-]. The highest BCUT2D eigenvalue weighted by molar-refractivity contribution is 6.04. The van der Waals surface area contributed by atoms with Gasteiger partial charge in [-0.05, 0) is 19.1 Å². The molecule has 0 aliphatic carbocycles. The summed E-state index contributed by atoms with van der Waals surface area (Å²) < 4.78 is 12.9. The zero-order chi connectivity index (χ0) is 14.7. The van der Waals surface area contributed by atoms with Crippen molar-refractivity contribution in [3.63, 3.8) is 0 Å². The number of nitrogens with one attached hydrogen (secondary N) is 1. The summed E-state index contributed by atoms with van der Waals surface area (Å²) >= 11 is 0. The lowest BCUT2D eigenvalue weighted by Crippen LogP contribution is -2.13. The van der Waals surface area contributed by atoms with Crippen LogP contribution in [0.15, 0.2) is 36.5 Å². The maximum atomic E-state index is 12.9. The van der Waals surface area contributed by atoms with Crippen LogP contribution in [-0.4, -0.2) is 15.8 Å². The number of nitrogens with zero attached hydrogens (tertiary/aromatic N) is 2. The van der Waals surface area contributed by atoms with Crippen molar-refractivity contribution < 1.29 is 14.1 Å². The summed E-state index contributed by atoms with van der Waals surface area (Å²) in [6.07, 6.45) is 1.17. The van der Waals surface area contributed by atoms with Gasteiger partial charge in [0.25, 0.3) is 11.6 Å². The van der Waals surface area contributed by atoms with Crippen LogP contribution in [0.2, 0.25) is 0 Å². The van der Waals surface area contributed by atoms with Gasteiger partial charge in [0, 0.05) is 23.9 Å². The summed E-state index contributed by atoms with van der Waals surface area (Å²) in [5, 5.41) is 13.3. The highest BCUT2D eigenvalue weighted by Gasteiger charge is 2.15. The van der Waals surface area contributed by atoms with Crippen molar-refractivity contribution in [3.05, 3.63) is 63.7 Å². The second kappa shape index (κ2) is 5.43. The molecule has 1 aromatic carbocycles. The Morgan fingerprint density at radius 3 is 2.80 bits per heavy atom. The van der Waals surface area contributed by atoms with Crippen LogP contribution in [0.1, 0.15) is 15.9 Å². The van der Waals surface area contributed by atoms with Gasteiger partial charge in [0.1, 0.15) is 0 Å². The molecule has 0 bridgehead atoms. The zero-order valence-corrected chi connectivity index (χ0v) is 10.5. The summed E-state index contributed by atoms with van der Waals surface area (Å²) in [5.41, 5.74) is 0.633. The van der Waals surface area contributed by atoms with Crippen molar-refractivity contribution >= 4 is 17.3 Å². The Hall–Kier alpha value is -2.83. The standard InChI is InChI=1S/C13H10FN3O3/c1-8-10(3-2-4-11(8)17(19)20)16-13(18)9-5-6-15-12(14)7-9/h2-7H,1H3,(H,16,18). The topological polar surface area (TPSA) is 85.1 Å². The maximum Gasteiger partial charge on any atom is 0.274 e. The van der Waals surface area contributed by atoms with Crippen molar-refractivity contribution in [1.29, 1.82) is 0 Å². The van der Waals surface area contributed by atoms with Crippen LogP contribution in [0.4, 0.5) is 15.8 Å². The number of carbonyl (C=O) groups excluding carboxylic acids is 1. The first-order valence-electron chi connectivity index (χ1n) is 5.66. The van der Waals surface area contributed by atoms with Crippen molar-refractivity contribution in [2.45, 2.75) is 6.92 Å². The van der Waals surface area contributed by atoms with Gasteiger partial charge in [0.15, 0.2) is 0 Å². The van der Waals surface area contributed by atoms with Crippen LogP contribution in [0, 0.1) is 23.0 Å². The first kappa shape index (κ1) is 13.6. The number of rotatable bonds is 3. The Labute approximate surface area is 113 Å². The average Bonchev–Trinajstić information content (AvgIpc) is 2.40. The highest BCUT2D eigenvalue weighted by Crippen LogP contribution is 2.25. The molecule has 0 saturated heterocycles. The predicted molar refractivity (Wildman–Crippen MR) is 70.0 cm³/mol. The van der Waals surface area contributed by atoms with Gasteiger partial charge in [-0.3, -0.25) is 14.9 Å². The zero-order valence-electron chi connectivity index (χ0n) is 10.5. The molecular formula is C13H10FN3O3. The van der Waals surface area contributed by atoms with Crippen LogP contribution in [0.5, 0.6) is 0 Å². The molecule has 1 amide bonds. The molecule has 7 heteroatoms. The lowest BCUT2D eigenvalue weighted by atomic mass is 10.1. The first-order chi connectivity index (χ1) is 9.49. The number of anilines is 1. The van der Waals surface area contributed by atoms with Gasteiger partial charge < -0.3 is 5.32 Å². The molecule has 0 aliphatic heterocycles. The molecule has 0 spiro atoms. The third-order valence-corrected chi connectivity index (χ3v) is 2.74. The van der Waals surface area contributed by atoms with E-state index in [1.807, 2.05) is 0 Å². The molecule has 1 heterocycles. The summed E-state index contributed by atoms with van der Waals surface area (Å²) in [7, 11) is 0. The van der Waals surface area contributed by atoms with Crippen molar-refractivity contribution in [2.24, 2.45) is 0 Å². The van der Waals surface area contributed by atoms with Gasteiger partial charge >= 0.3 is 0 Å². The van der Waals surface area contributed by atoms with Gasteiger partial charge in [0.05, 0.1) is 16.2 Å². The summed E-state index contributed by atoms with van der Waals surface area (Å²) in [5.74, 6) is -1.33. The Morgan fingerprint density at radius 1 is 1.40 bits per heavy atom. The van der Waals surface area contributed by atoms with Crippen molar-refractivity contribution in [3.8, 4) is 0 Å². The number of aromatic nitrogens is 1. The maximum absolute atomic E-state index is 12.9. The van der Waals surface area contributed by atoms with Crippen molar-refractivity contribution in [2.75, 3.05) is 5.32 Å². The smallest absolute Gasteiger partial charge is 0.274 e. The number of hydrogen-bond acceptors (Lipinski definition) is 4. The Kier molecular flexibility index (Phi) is 3.69. The number of nitro groups is 1. The quantitative estimate of drug-likeness (QED) is 0.530. The predicted octanol–water partition coefficient (Wildman–Crippen LogP) is 2.69. The molecule has 0 fully saturated rings. The molecule has 0 saturated carbocycles. The van der Waals surface area contributed by atoms with Crippen LogP contribution in [-0.2, 0) is 0 Å². The van der Waals surface area contributed by atoms with Crippen LogP contribution in [0.25, 0.3) is 0 Å². The van der Waals surface area contributed by atoms with Gasteiger partial charge in [-0.15, -0.1) is 0 Å². The molecule has 2 aromatic rings. The molecule has 0 aliphatic rings. The molecule has 1 aromatic heterocycles. The Morgan fingerprint density at radius 2 is 2.15 bits per heavy atom. The monoisotopic (exact) mass is 275 g/mol. The first-order valence-corrected chi connectivity index (χ1v) is 5.66. The number of nitro benzene ring substituents is 1. The number of carbonyl (C=O) groups is 1. The third kappa shape index (κ3) is 2.77. The van der Waals surface area contributed by atoms with Crippen molar-refractivity contribution in [1.82, 2.24) is 4.98 Å². The van der Waals surface area contributed by atoms with E-state index in [0.29, 0.717) is 11.3 Å². The van der Waals surface area contributed by atoms with E-state index >= 15 is 0 Å². The molecule has 102 valence electrons. The second-order valence-electron chi connectivity index (χ2n) is 4.03. The fourth-order valence-electron chi connectivity index (χ4n) is 1.69. The minimum absolute atomic E-state index is 0.0865. The van der Waals surface area contributed by atoms with E-state index in [4.69, 9.17) is 0 Å². The van der Waals surface area contributed by atoms with Gasteiger partial charge in [-0.2, -0.15) is 4.39 Å². The lowest BCUT2D eigenvalue weighted by molar-refractivity contribution is -0.385. The number of benzene rings is 1. The van der Waals surface area contributed by atoms with E-state index in [-0.39, 0.29) is 11.3 Å². The third-order valence-electron chi connectivity index (χ3n) is 2.74. The molecule has 6 nitrogen and oxygen atoms in total. The minimum Gasteiger partial charge on any atom is -0.321 e. The molecule has 0 unspecified atom stereocenters. The second-order valence-corrected chi connectivity index (χ2v) is 4.03. The van der Waals surface area contributed by atoms with E-state index in [0.717, 1.165) is 6.07 Å². The van der Waals surface area contributed by atoms with Gasteiger partial charge in [0.2, 0.25) is 5.95 Å². The Balaban J connectivity index is 2.29. The average molecular weight is 275 g/mol. The number of amides is 1. The number of halogens is 1. The normalized spacial score (nSPS) is 10.1. The van der Waals surface area contributed by atoms with E-state index in [1.54, 1.807) is 0 Å². The molecule has 0 radical (unpaired) electrons. The largest absolute Gasteiger partial charge is 0.321 e. The van der Waals surface area contributed by atoms with E-state index in [9.17, 15) is 19.3 Å². The van der Waals surface area contributed by atoms with E-state index in [1.165, 1.54) is 37.4 Å². The molecule has 0 atom stereocenters. The van der Waals surface area contributed by atoms with Gasteiger partial charge in [-0.1, -0.05) is 6.07 Å². The van der Waals surface area contributed by atoms with Crippen LogP contribution < -0.4 is 5.32 Å². The summed E-state index contributed by atoms with van der Waals surface area (Å²) in [6, 6.07) is 6.69. The number of hydrogen-bond donors (Lipinski definition) is 1. The molecule has 1 N–H and O–H groups in total. The van der Waals surface area contributed by atoms with Crippen LogP contribution >= 0.6 is 0 Å². The molecule has 20 heavy (non-hydrogen) atoms. The molecule has 2 rings (SSSR count). The summed E-state index contributed by atoms with van der Waals surface area (Å²) in [4.78, 5) is 25.6. The summed E-state index contributed by atoms with van der Waals surface area (Å²) in [6.45, 7) is 1.53. The van der Waals surface area contributed by atoms with E-state index < -0.39 is 16.8 Å². The van der Waals surface area contributed by atoms with E-state index in [2.05, 4.69) is 10.3 Å². The highest BCUT2D eigenvalue weighted by atomic mass is 19.1. The van der Waals surface area contributed by atoms with Gasteiger partial charge in [-0.25, -0.2) is 4.98 Å². The molecular weight excluding hydrogens is 265 g/mol. The fraction of sp³-hybridized carbons (Fsp3) is 0.0769. The van der Waals surface area contributed by atoms with Crippen LogP contribution in [0.3, 0.4) is 0 Å². The number of pyridine rings is 1. The fourth-order valence-corrected chi connectivity index (χ4v) is 1.69. The lowest BCUT2D eigenvalue weighted by Gasteiger charge is -2.08. The minimum atomic E-state index is -0.770. The Bertz CT molecular complexity index is 688.